The molecule has 0 aliphatic rings. The second-order valence-electron chi connectivity index (χ2n) is 4.01. The number of hydrogen-bond acceptors (Lipinski definition) is 0. The Morgan fingerprint density at radius 1 is 0.789 bits per heavy atom. The van der Waals surface area contributed by atoms with E-state index in [0.29, 0.717) is 0 Å². The summed E-state index contributed by atoms with van der Waals surface area (Å²) in [7, 11) is 0. The lowest BCUT2D eigenvalue weighted by Crippen LogP contribution is -2.05. The van der Waals surface area contributed by atoms with Gasteiger partial charge in [-0.2, -0.15) is 0 Å². The molecule has 0 aromatic heterocycles. The Labute approximate surface area is 116 Å². The third-order valence-corrected chi connectivity index (χ3v) is 3.54. The van der Waals surface area contributed by atoms with E-state index in [9.17, 15) is 17.6 Å². The summed E-state index contributed by atoms with van der Waals surface area (Å²) in [5.41, 5.74) is -0.433. The van der Waals surface area contributed by atoms with Crippen molar-refractivity contribution in [3.05, 3.63) is 70.8 Å². The van der Waals surface area contributed by atoms with Crippen LogP contribution >= 0.6 is 15.9 Å². The molecule has 0 spiro atoms. The van der Waals surface area contributed by atoms with Crippen LogP contribution in [0, 0.1) is 23.3 Å². The maximum atomic E-state index is 13.5. The van der Waals surface area contributed by atoms with E-state index in [-0.39, 0.29) is 17.5 Å². The molecule has 0 amide bonds. The SMILES string of the molecule is Fc1cccc(F)c1CC(Br)c1c(F)cccc1F. The van der Waals surface area contributed by atoms with Crippen LogP contribution in [0.1, 0.15) is 16.0 Å². The minimum atomic E-state index is -0.847. The van der Waals surface area contributed by atoms with Gasteiger partial charge in [-0.05, 0) is 30.7 Å². The molecule has 0 heterocycles. The van der Waals surface area contributed by atoms with Crippen molar-refractivity contribution in [2.45, 2.75) is 11.2 Å². The highest BCUT2D eigenvalue weighted by atomic mass is 79.9. The first-order valence-electron chi connectivity index (χ1n) is 5.51. The molecule has 0 saturated heterocycles. The molecule has 0 N–H and O–H groups in total. The Bertz CT molecular complexity index is 557. The van der Waals surface area contributed by atoms with Gasteiger partial charge >= 0.3 is 0 Å². The van der Waals surface area contributed by atoms with Crippen LogP contribution in [0.4, 0.5) is 17.6 Å². The average Bonchev–Trinajstić information content (AvgIpc) is 2.34. The van der Waals surface area contributed by atoms with Crippen molar-refractivity contribution in [3.63, 3.8) is 0 Å². The quantitative estimate of drug-likeness (QED) is 0.552. The topological polar surface area (TPSA) is 0 Å². The van der Waals surface area contributed by atoms with Crippen molar-refractivity contribution >= 4 is 15.9 Å². The van der Waals surface area contributed by atoms with Gasteiger partial charge in [0.05, 0.1) is 0 Å². The summed E-state index contributed by atoms with van der Waals surface area (Å²) in [6.07, 6.45) is -0.184. The molecule has 2 aromatic rings. The normalized spacial score (nSPS) is 12.5. The first kappa shape index (κ1) is 14.1. The van der Waals surface area contributed by atoms with Crippen LogP contribution in [0.3, 0.4) is 0 Å². The number of halogens is 5. The van der Waals surface area contributed by atoms with Crippen LogP contribution in [-0.2, 0) is 6.42 Å². The Morgan fingerprint density at radius 3 is 1.68 bits per heavy atom. The molecule has 0 nitrogen and oxygen atoms in total. The minimum absolute atomic E-state index is 0.184. The van der Waals surface area contributed by atoms with Gasteiger partial charge in [-0.3, -0.25) is 0 Å². The van der Waals surface area contributed by atoms with Crippen molar-refractivity contribution in [2.75, 3.05) is 0 Å². The van der Waals surface area contributed by atoms with Gasteiger partial charge in [0.1, 0.15) is 23.3 Å². The molecule has 2 aromatic carbocycles. The predicted molar refractivity (Wildman–Crippen MR) is 68.1 cm³/mol. The molecule has 0 aliphatic carbocycles. The van der Waals surface area contributed by atoms with E-state index in [1.807, 2.05) is 0 Å². The standard InChI is InChI=1S/C14H9BrF4/c15-9(14-12(18)5-2-6-13(14)19)7-8-10(16)3-1-4-11(8)17/h1-6,9H,7H2. The van der Waals surface area contributed by atoms with Gasteiger partial charge in [-0.25, -0.2) is 17.6 Å². The zero-order chi connectivity index (χ0) is 14.0. The van der Waals surface area contributed by atoms with Crippen molar-refractivity contribution in [2.24, 2.45) is 0 Å². The molecule has 100 valence electrons. The zero-order valence-corrected chi connectivity index (χ0v) is 11.2. The van der Waals surface area contributed by atoms with Gasteiger partial charge in [-0.15, -0.1) is 0 Å². The molecule has 0 saturated carbocycles. The maximum Gasteiger partial charge on any atom is 0.130 e. The fourth-order valence-corrected chi connectivity index (χ4v) is 2.58. The summed E-state index contributed by atoms with van der Waals surface area (Å²) < 4.78 is 54.1. The monoisotopic (exact) mass is 332 g/mol. The van der Waals surface area contributed by atoms with E-state index >= 15 is 0 Å². The molecule has 1 unspecified atom stereocenters. The van der Waals surface area contributed by atoms with Gasteiger partial charge in [0.15, 0.2) is 0 Å². The smallest absolute Gasteiger partial charge is 0.130 e. The van der Waals surface area contributed by atoms with Crippen LogP contribution in [0.25, 0.3) is 0 Å². The molecule has 1 atom stereocenters. The second kappa shape index (κ2) is 5.74. The van der Waals surface area contributed by atoms with Crippen LogP contribution in [0.2, 0.25) is 0 Å². The maximum absolute atomic E-state index is 13.5. The lowest BCUT2D eigenvalue weighted by Gasteiger charge is -2.13. The highest BCUT2D eigenvalue weighted by Gasteiger charge is 2.21. The van der Waals surface area contributed by atoms with E-state index in [1.165, 1.54) is 12.1 Å². The van der Waals surface area contributed by atoms with Crippen molar-refractivity contribution in [1.29, 1.82) is 0 Å². The van der Waals surface area contributed by atoms with E-state index in [1.54, 1.807) is 0 Å². The molecule has 0 fully saturated rings. The summed E-state index contributed by atoms with van der Waals surface area (Å²) in [5, 5.41) is 0. The molecule has 0 radical (unpaired) electrons. The third kappa shape index (κ3) is 2.97. The lowest BCUT2D eigenvalue weighted by atomic mass is 10.0. The highest BCUT2D eigenvalue weighted by Crippen LogP contribution is 2.32. The first-order valence-corrected chi connectivity index (χ1v) is 6.43. The van der Waals surface area contributed by atoms with E-state index in [2.05, 4.69) is 15.9 Å². The third-order valence-electron chi connectivity index (χ3n) is 2.76. The molecule has 0 bridgehead atoms. The van der Waals surface area contributed by atoms with Gasteiger partial charge < -0.3 is 0 Å². The van der Waals surface area contributed by atoms with Crippen LogP contribution in [0.15, 0.2) is 36.4 Å². The molecular formula is C14H9BrF4. The van der Waals surface area contributed by atoms with Crippen LogP contribution in [-0.4, -0.2) is 0 Å². The Kier molecular flexibility index (Phi) is 4.24. The Morgan fingerprint density at radius 2 is 1.21 bits per heavy atom. The van der Waals surface area contributed by atoms with Gasteiger partial charge in [0.25, 0.3) is 0 Å². The van der Waals surface area contributed by atoms with Crippen LogP contribution < -0.4 is 0 Å². The summed E-state index contributed by atoms with van der Waals surface area (Å²) in [4.78, 5) is -0.847. The Hall–Kier alpha value is -1.36. The van der Waals surface area contributed by atoms with Crippen molar-refractivity contribution in [1.82, 2.24) is 0 Å². The zero-order valence-electron chi connectivity index (χ0n) is 9.64. The fraction of sp³-hybridized carbons (Fsp3) is 0.143. The van der Waals surface area contributed by atoms with Gasteiger partial charge in [0, 0.05) is 16.0 Å². The number of rotatable bonds is 3. The largest absolute Gasteiger partial charge is 0.207 e. The second-order valence-corrected chi connectivity index (χ2v) is 5.11. The fourth-order valence-electron chi connectivity index (χ4n) is 1.82. The summed E-state index contributed by atoms with van der Waals surface area (Å²) >= 11 is 3.08. The molecule has 5 heteroatoms. The summed E-state index contributed by atoms with van der Waals surface area (Å²) in [6.45, 7) is 0. The molecule has 0 aliphatic heterocycles. The van der Waals surface area contributed by atoms with E-state index in [4.69, 9.17) is 0 Å². The molecular weight excluding hydrogens is 324 g/mol. The number of alkyl halides is 1. The average molecular weight is 333 g/mol. The number of hydrogen-bond donors (Lipinski definition) is 0. The predicted octanol–water partition coefficient (Wildman–Crippen LogP) is 4.92. The number of benzene rings is 2. The lowest BCUT2D eigenvalue weighted by molar-refractivity contribution is 0.534. The minimum Gasteiger partial charge on any atom is -0.207 e. The first-order chi connectivity index (χ1) is 9.00. The van der Waals surface area contributed by atoms with Gasteiger partial charge in [0.2, 0.25) is 0 Å². The molecule has 19 heavy (non-hydrogen) atoms. The summed E-state index contributed by atoms with van der Waals surface area (Å²) in [5.74, 6) is -2.97. The summed E-state index contributed by atoms with van der Waals surface area (Å²) in [6, 6.07) is 6.89. The van der Waals surface area contributed by atoms with Crippen LogP contribution in [0.5, 0.6) is 0 Å². The van der Waals surface area contributed by atoms with Crippen molar-refractivity contribution in [3.8, 4) is 0 Å². The molecule has 2 rings (SSSR count). The Balaban J connectivity index is 2.34. The van der Waals surface area contributed by atoms with Gasteiger partial charge in [-0.1, -0.05) is 28.1 Å². The van der Waals surface area contributed by atoms with E-state index < -0.39 is 28.1 Å². The highest BCUT2D eigenvalue weighted by molar-refractivity contribution is 9.09. The van der Waals surface area contributed by atoms with E-state index in [0.717, 1.165) is 24.3 Å². The van der Waals surface area contributed by atoms with Crippen molar-refractivity contribution < 1.29 is 17.6 Å².